The van der Waals surface area contributed by atoms with E-state index >= 15 is 0 Å². The Morgan fingerprint density at radius 2 is 1.02 bits per heavy atom. The molecule has 0 saturated carbocycles. The summed E-state index contributed by atoms with van der Waals surface area (Å²) in [5, 5.41) is 27.1. The zero-order valence-corrected chi connectivity index (χ0v) is 27.2. The van der Waals surface area contributed by atoms with Crippen LogP contribution in [0.1, 0.15) is 45.4 Å². The zero-order valence-electron chi connectivity index (χ0n) is 27.2. The van der Waals surface area contributed by atoms with Crippen molar-refractivity contribution in [1.29, 1.82) is 0 Å². The highest BCUT2D eigenvalue weighted by Crippen LogP contribution is 2.55. The van der Waals surface area contributed by atoms with Crippen molar-refractivity contribution in [1.82, 2.24) is 19.9 Å². The highest BCUT2D eigenvalue weighted by molar-refractivity contribution is 5.75. The lowest BCUT2D eigenvalue weighted by molar-refractivity contribution is -0.104. The highest BCUT2D eigenvalue weighted by Gasteiger charge is 2.61. The highest BCUT2D eigenvalue weighted by atomic mass is 16.4. The molecule has 242 valence electrons. The number of aromatic amines is 2. The molecule has 9 rings (SSSR count). The zero-order chi connectivity index (χ0) is 33.7. The standard InChI is InChI=1S/C44H34N4O2/c49-43(31-17-9-3-10-18-31)39-28-36-24-23-34(46-36)25-33-21-22-35(45-33)26-37-27-38(29-13-5-1-6-14-29)41(47-37)40(30-15-7-2-8-16-30)42(48-39)44(43,50)32-19-11-4-12-20-32/h1-26,28,38,45-46,49-50H,27H2. The van der Waals surface area contributed by atoms with Crippen LogP contribution in [-0.4, -0.2) is 30.1 Å². The van der Waals surface area contributed by atoms with E-state index in [4.69, 9.17) is 9.97 Å². The normalized spacial score (nSPS) is 20.1. The molecule has 0 amide bonds. The number of hydrogen-bond acceptors (Lipinski definition) is 4. The summed E-state index contributed by atoms with van der Waals surface area (Å²) < 4.78 is 0. The largest absolute Gasteiger partial charge is 0.375 e. The molecule has 2 aliphatic heterocycles. The summed E-state index contributed by atoms with van der Waals surface area (Å²) in [4.78, 5) is 17.7. The smallest absolute Gasteiger partial charge is 0.171 e. The summed E-state index contributed by atoms with van der Waals surface area (Å²) in [7, 11) is 0. The number of nitrogens with one attached hydrogen (secondary N) is 2. The summed E-state index contributed by atoms with van der Waals surface area (Å²) in [6, 6.07) is 53.2. The number of aliphatic hydroxyl groups is 2. The van der Waals surface area contributed by atoms with Gasteiger partial charge >= 0.3 is 0 Å². The Labute approximate surface area is 289 Å². The first kappa shape index (κ1) is 30.0. The van der Waals surface area contributed by atoms with Crippen LogP contribution in [0.3, 0.4) is 0 Å². The van der Waals surface area contributed by atoms with Crippen molar-refractivity contribution in [3.63, 3.8) is 0 Å². The van der Waals surface area contributed by atoms with Crippen molar-refractivity contribution in [3.8, 4) is 11.1 Å². The van der Waals surface area contributed by atoms with Gasteiger partial charge in [-0.15, -0.1) is 0 Å². The molecular weight excluding hydrogens is 617 g/mol. The quantitative estimate of drug-likeness (QED) is 0.154. The number of nitrogens with zero attached hydrogens (tertiary/aromatic N) is 2. The Kier molecular flexibility index (Phi) is 7.09. The van der Waals surface area contributed by atoms with Crippen molar-refractivity contribution in [2.45, 2.75) is 23.5 Å². The van der Waals surface area contributed by atoms with E-state index in [9.17, 15) is 10.2 Å². The molecule has 4 N–H and O–H groups in total. The number of benzene rings is 4. The van der Waals surface area contributed by atoms with Gasteiger partial charge in [0.15, 0.2) is 11.2 Å². The summed E-state index contributed by atoms with van der Waals surface area (Å²) >= 11 is 0. The number of H-pyrrole nitrogens is 2. The average Bonchev–Trinajstić information content (AvgIpc) is 3.95. The maximum atomic E-state index is 13.7. The van der Waals surface area contributed by atoms with Gasteiger partial charge in [0, 0.05) is 45.7 Å². The minimum atomic E-state index is -2.02. The lowest BCUT2D eigenvalue weighted by Crippen LogP contribution is -2.48. The molecule has 8 bridgehead atoms. The first-order valence-electron chi connectivity index (χ1n) is 16.9. The molecule has 7 aromatic rings. The lowest BCUT2D eigenvalue weighted by atomic mass is 9.70. The molecule has 5 heterocycles. The predicted molar refractivity (Wildman–Crippen MR) is 197 cm³/mol. The van der Waals surface area contributed by atoms with Crippen LogP contribution in [0.2, 0.25) is 0 Å². The third kappa shape index (κ3) is 4.80. The fourth-order valence-corrected chi connectivity index (χ4v) is 7.64. The molecule has 0 radical (unpaired) electrons. The molecule has 3 aromatic heterocycles. The van der Waals surface area contributed by atoms with E-state index in [-0.39, 0.29) is 5.92 Å². The second-order valence-electron chi connectivity index (χ2n) is 13.1. The Balaban J connectivity index is 1.51. The van der Waals surface area contributed by atoms with Crippen molar-refractivity contribution in [3.05, 3.63) is 203 Å². The van der Waals surface area contributed by atoms with Crippen LogP contribution < -0.4 is 0 Å². The average molecular weight is 651 g/mol. The van der Waals surface area contributed by atoms with Gasteiger partial charge in [-0.25, -0.2) is 4.98 Å². The molecule has 3 atom stereocenters. The van der Waals surface area contributed by atoms with E-state index in [0.29, 0.717) is 34.5 Å². The number of fused-ring (bicyclic) bond motifs is 8. The van der Waals surface area contributed by atoms with Crippen LogP contribution in [0.15, 0.2) is 164 Å². The van der Waals surface area contributed by atoms with Crippen LogP contribution in [-0.2, 0) is 17.6 Å². The van der Waals surface area contributed by atoms with E-state index in [0.717, 1.165) is 44.6 Å². The number of hydrogen-bond donors (Lipinski definition) is 4. The third-order valence-electron chi connectivity index (χ3n) is 10.0. The molecule has 2 aliphatic rings. The topological polar surface area (TPSA) is 97.8 Å². The van der Waals surface area contributed by atoms with E-state index in [1.54, 1.807) is 0 Å². The Hall–Kier alpha value is -6.08. The van der Waals surface area contributed by atoms with E-state index < -0.39 is 11.2 Å². The molecule has 4 aromatic carbocycles. The molecular formula is C44H34N4O2. The van der Waals surface area contributed by atoms with Gasteiger partial charge in [0.1, 0.15) is 0 Å². The maximum Gasteiger partial charge on any atom is 0.171 e. The van der Waals surface area contributed by atoms with Crippen molar-refractivity contribution in [2.75, 3.05) is 0 Å². The molecule has 6 nitrogen and oxygen atoms in total. The van der Waals surface area contributed by atoms with Crippen LogP contribution in [0.5, 0.6) is 0 Å². The fraction of sp³-hybridized carbons (Fsp3) is 0.0909. The summed E-state index contributed by atoms with van der Waals surface area (Å²) in [5.74, 6) is -0.138. The molecule has 0 aliphatic carbocycles. The van der Waals surface area contributed by atoms with Crippen LogP contribution >= 0.6 is 0 Å². The molecule has 0 spiro atoms. The van der Waals surface area contributed by atoms with Gasteiger partial charge in [0.05, 0.1) is 17.1 Å². The van der Waals surface area contributed by atoms with Gasteiger partial charge in [0.25, 0.3) is 0 Å². The van der Waals surface area contributed by atoms with Gasteiger partial charge in [-0.05, 0) is 64.7 Å². The second kappa shape index (κ2) is 11.8. The summed E-state index contributed by atoms with van der Waals surface area (Å²) in [6.07, 6.45) is 0.649. The molecule has 0 fully saturated rings. The van der Waals surface area contributed by atoms with Crippen LogP contribution in [0.25, 0.3) is 33.2 Å². The number of aromatic nitrogens is 4. The first-order valence-corrected chi connectivity index (χ1v) is 16.9. The van der Waals surface area contributed by atoms with Crippen LogP contribution in [0.4, 0.5) is 0 Å². The van der Waals surface area contributed by atoms with E-state index in [1.165, 1.54) is 0 Å². The third-order valence-corrected chi connectivity index (χ3v) is 10.0. The van der Waals surface area contributed by atoms with Gasteiger partial charge in [-0.2, -0.15) is 0 Å². The van der Waals surface area contributed by atoms with Gasteiger partial charge in [-0.3, -0.25) is 4.98 Å². The first-order chi connectivity index (χ1) is 24.5. The van der Waals surface area contributed by atoms with Crippen molar-refractivity contribution >= 4 is 22.1 Å². The van der Waals surface area contributed by atoms with E-state index in [2.05, 4.69) is 40.3 Å². The van der Waals surface area contributed by atoms with E-state index in [1.807, 2.05) is 133 Å². The maximum absolute atomic E-state index is 13.7. The van der Waals surface area contributed by atoms with Crippen LogP contribution in [0, 0.1) is 0 Å². The van der Waals surface area contributed by atoms with Gasteiger partial charge < -0.3 is 20.2 Å². The Morgan fingerprint density at radius 3 is 1.62 bits per heavy atom. The fourth-order valence-electron chi connectivity index (χ4n) is 7.64. The lowest BCUT2D eigenvalue weighted by Gasteiger charge is -2.39. The van der Waals surface area contributed by atoms with Gasteiger partial charge in [0.2, 0.25) is 0 Å². The minimum absolute atomic E-state index is 0.138. The Morgan fingerprint density at radius 1 is 0.520 bits per heavy atom. The SMILES string of the molecule is OC1(c2ccccc2)c2cc3ccc(cc4ccc(cc5nc(c(-c6ccccc6)c(n2)C1(O)c1ccccc1)C(c1ccccc1)C5)[nH]4)[nH]3. The Bertz CT molecular complexity index is 2490. The van der Waals surface area contributed by atoms with Crippen molar-refractivity contribution in [2.24, 2.45) is 0 Å². The second-order valence-corrected chi connectivity index (χ2v) is 13.1. The molecule has 50 heavy (non-hydrogen) atoms. The minimum Gasteiger partial charge on any atom is -0.375 e. The van der Waals surface area contributed by atoms with Gasteiger partial charge in [-0.1, -0.05) is 121 Å². The monoisotopic (exact) mass is 650 g/mol. The number of rotatable bonds is 4. The molecule has 6 heteroatoms. The predicted octanol–water partition coefficient (Wildman–Crippen LogP) is 8.53. The summed E-state index contributed by atoms with van der Waals surface area (Å²) in [6.45, 7) is 0. The summed E-state index contributed by atoms with van der Waals surface area (Å²) in [5.41, 5.74) is 5.53. The molecule has 0 saturated heterocycles. The molecule has 3 unspecified atom stereocenters. The van der Waals surface area contributed by atoms with Crippen molar-refractivity contribution < 1.29 is 10.2 Å².